The van der Waals surface area contributed by atoms with Crippen LogP contribution in [0.2, 0.25) is 0 Å². The van der Waals surface area contributed by atoms with E-state index in [4.69, 9.17) is 14.6 Å². The molecule has 1 aliphatic rings. The van der Waals surface area contributed by atoms with Gasteiger partial charge in [0.25, 0.3) is 11.8 Å². The summed E-state index contributed by atoms with van der Waals surface area (Å²) in [5.74, 6) is 1.41. The minimum atomic E-state index is -0.291. The van der Waals surface area contributed by atoms with Crippen molar-refractivity contribution in [2.45, 2.75) is 38.0 Å². The van der Waals surface area contributed by atoms with Crippen molar-refractivity contribution in [2.24, 2.45) is 5.10 Å². The van der Waals surface area contributed by atoms with Gasteiger partial charge in [-0.25, -0.2) is 5.01 Å². The lowest BCUT2D eigenvalue weighted by Gasteiger charge is -2.22. The smallest absolute Gasteiger partial charge is 0.255 e. The summed E-state index contributed by atoms with van der Waals surface area (Å²) in [7, 11) is 3.16. The molecule has 12 heteroatoms. The Bertz CT molecular complexity index is 1920. The second kappa shape index (κ2) is 14.2. The van der Waals surface area contributed by atoms with Crippen molar-refractivity contribution >= 4 is 40.6 Å². The third-order valence-electron chi connectivity index (χ3n) is 8.07. The minimum Gasteiger partial charge on any atom is -0.497 e. The van der Waals surface area contributed by atoms with E-state index in [9.17, 15) is 9.59 Å². The summed E-state index contributed by atoms with van der Waals surface area (Å²) in [6.07, 6.45) is 0.609. The Balaban J connectivity index is 1.26. The quantitative estimate of drug-likeness (QED) is 0.163. The van der Waals surface area contributed by atoms with E-state index in [0.29, 0.717) is 28.7 Å². The van der Waals surface area contributed by atoms with Crippen LogP contribution in [0.3, 0.4) is 0 Å². The van der Waals surface area contributed by atoms with Gasteiger partial charge in [-0.05, 0) is 72.3 Å². The van der Waals surface area contributed by atoms with Crippen molar-refractivity contribution in [3.05, 3.63) is 117 Å². The van der Waals surface area contributed by atoms with Crippen LogP contribution < -0.4 is 14.8 Å². The maximum Gasteiger partial charge on any atom is 0.255 e. The van der Waals surface area contributed by atoms with E-state index in [1.807, 2.05) is 84.5 Å². The van der Waals surface area contributed by atoms with Gasteiger partial charge in [0, 0.05) is 6.42 Å². The SMILES string of the molecule is COc1ccc([C@@H]2CC(c3cccs3)=NN2C(=O)CSc2nnc(CNC(=O)c3ccccc3OC)n2-c2cccc(C)c2C)cc1. The number of hydrogen-bond donors (Lipinski definition) is 1. The second-order valence-electron chi connectivity index (χ2n) is 10.9. The number of carbonyl (C=O) groups excluding carboxylic acids is 2. The summed E-state index contributed by atoms with van der Waals surface area (Å²) in [5, 5.41) is 20.8. The monoisotopic (exact) mass is 666 g/mol. The zero-order valence-corrected chi connectivity index (χ0v) is 28.1. The highest BCUT2D eigenvalue weighted by Gasteiger charge is 2.34. The zero-order chi connectivity index (χ0) is 32.9. The van der Waals surface area contributed by atoms with Crippen LogP contribution in [0, 0.1) is 13.8 Å². The number of aromatic nitrogens is 3. The Hall–Kier alpha value is -4.94. The van der Waals surface area contributed by atoms with Crippen LogP contribution in [-0.4, -0.2) is 57.3 Å². The molecule has 0 spiro atoms. The van der Waals surface area contributed by atoms with Crippen molar-refractivity contribution in [2.75, 3.05) is 20.0 Å². The Labute approximate surface area is 281 Å². The van der Waals surface area contributed by atoms with Crippen LogP contribution in [0.25, 0.3) is 5.69 Å². The van der Waals surface area contributed by atoms with E-state index in [1.54, 1.807) is 41.7 Å². The summed E-state index contributed by atoms with van der Waals surface area (Å²) >= 11 is 2.90. The van der Waals surface area contributed by atoms with Gasteiger partial charge in [-0.1, -0.05) is 54.2 Å². The standard InChI is InChI=1S/C35H34N6O4S2/c1-22-9-7-11-28(23(22)2)40-32(20-36-34(43)26-10-5-6-12-30(26)45-4)37-38-35(40)47-21-33(42)41-29(24-14-16-25(44-3)17-15-24)19-27(39-41)31-13-8-18-46-31/h5-18,29H,19-21H2,1-4H3,(H,36,43)/t29-/m0/s1. The first kappa shape index (κ1) is 32.0. The number of carbonyl (C=O) groups is 2. The molecule has 0 aliphatic carbocycles. The van der Waals surface area contributed by atoms with Crippen molar-refractivity contribution < 1.29 is 19.1 Å². The summed E-state index contributed by atoms with van der Waals surface area (Å²) < 4.78 is 12.6. The third-order valence-corrected chi connectivity index (χ3v) is 9.91. The number of rotatable bonds is 11. The first-order chi connectivity index (χ1) is 22.9. The molecule has 2 aromatic heterocycles. The van der Waals surface area contributed by atoms with E-state index in [2.05, 4.69) is 15.5 Å². The number of hydrogen-bond acceptors (Lipinski definition) is 9. The topological polar surface area (TPSA) is 111 Å². The van der Waals surface area contributed by atoms with Gasteiger partial charge in [-0.15, -0.1) is 21.5 Å². The molecule has 3 heterocycles. The van der Waals surface area contributed by atoms with Crippen LogP contribution >= 0.6 is 23.1 Å². The predicted octanol–water partition coefficient (Wildman–Crippen LogP) is 6.36. The molecule has 10 nitrogen and oxygen atoms in total. The molecular weight excluding hydrogens is 633 g/mol. The van der Waals surface area contributed by atoms with Crippen LogP contribution in [-0.2, 0) is 11.3 Å². The Morgan fingerprint density at radius 3 is 2.51 bits per heavy atom. The molecule has 0 radical (unpaired) electrons. The Kier molecular flexibility index (Phi) is 9.69. The second-order valence-corrected chi connectivity index (χ2v) is 12.8. The van der Waals surface area contributed by atoms with Gasteiger partial charge < -0.3 is 14.8 Å². The van der Waals surface area contributed by atoms with Crippen LogP contribution in [0.4, 0.5) is 0 Å². The average Bonchev–Trinajstić information content (AvgIpc) is 3.88. The number of para-hydroxylation sites is 1. The first-order valence-corrected chi connectivity index (χ1v) is 16.9. The normalized spacial score (nSPS) is 14.2. The van der Waals surface area contributed by atoms with Crippen molar-refractivity contribution in [3.8, 4) is 17.2 Å². The summed E-state index contributed by atoms with van der Waals surface area (Å²) in [6.45, 7) is 4.19. The molecule has 0 saturated carbocycles. The lowest BCUT2D eigenvalue weighted by Crippen LogP contribution is -2.28. The fraction of sp³-hybridized carbons (Fsp3) is 0.229. The van der Waals surface area contributed by atoms with Gasteiger partial charge in [0.15, 0.2) is 11.0 Å². The molecular formula is C35H34N6O4S2. The molecule has 5 aromatic rings. The van der Waals surface area contributed by atoms with Gasteiger partial charge in [0.2, 0.25) is 0 Å². The molecule has 240 valence electrons. The number of methoxy groups -OCH3 is 2. The van der Waals surface area contributed by atoms with Crippen molar-refractivity contribution in [1.82, 2.24) is 25.1 Å². The molecule has 0 fully saturated rings. The number of benzene rings is 3. The van der Waals surface area contributed by atoms with E-state index >= 15 is 0 Å². The predicted molar refractivity (Wildman–Crippen MR) is 184 cm³/mol. The number of nitrogens with one attached hydrogen (secondary N) is 1. The number of nitrogens with zero attached hydrogens (tertiary/aromatic N) is 5. The summed E-state index contributed by atoms with van der Waals surface area (Å²) in [5.41, 5.74) is 5.30. The fourth-order valence-electron chi connectivity index (χ4n) is 5.42. The Morgan fingerprint density at radius 2 is 1.77 bits per heavy atom. The fourth-order valence-corrected chi connectivity index (χ4v) is 6.96. The maximum atomic E-state index is 13.9. The van der Waals surface area contributed by atoms with E-state index in [1.165, 1.54) is 18.9 Å². The molecule has 0 unspecified atom stereocenters. The van der Waals surface area contributed by atoms with Gasteiger partial charge >= 0.3 is 0 Å². The molecule has 0 bridgehead atoms. The molecule has 1 aliphatic heterocycles. The highest BCUT2D eigenvalue weighted by atomic mass is 32.2. The van der Waals surface area contributed by atoms with Crippen molar-refractivity contribution in [1.29, 1.82) is 0 Å². The van der Waals surface area contributed by atoms with Gasteiger partial charge in [0.1, 0.15) is 11.5 Å². The zero-order valence-electron chi connectivity index (χ0n) is 26.5. The molecule has 6 rings (SSSR count). The van der Waals surface area contributed by atoms with E-state index < -0.39 is 0 Å². The van der Waals surface area contributed by atoms with Crippen molar-refractivity contribution in [3.63, 3.8) is 0 Å². The molecule has 1 N–H and O–H groups in total. The number of thiophene rings is 1. The van der Waals surface area contributed by atoms with Gasteiger partial charge in [0.05, 0.1) is 54.4 Å². The van der Waals surface area contributed by atoms with Crippen LogP contribution in [0.15, 0.2) is 94.5 Å². The minimum absolute atomic E-state index is 0.0877. The van der Waals surface area contributed by atoms with Crippen LogP contribution in [0.1, 0.15) is 50.2 Å². The number of aryl methyl sites for hydroxylation is 1. The molecule has 1 atom stereocenters. The molecule has 2 amide bonds. The lowest BCUT2D eigenvalue weighted by atomic mass is 10.0. The summed E-state index contributed by atoms with van der Waals surface area (Å²) in [6, 6.07) is 24.6. The Morgan fingerprint density at radius 1 is 0.957 bits per heavy atom. The highest BCUT2D eigenvalue weighted by molar-refractivity contribution is 7.99. The average molecular weight is 667 g/mol. The number of hydrazone groups is 1. The molecule has 3 aromatic carbocycles. The first-order valence-electron chi connectivity index (χ1n) is 15.0. The lowest BCUT2D eigenvalue weighted by molar-refractivity contribution is -0.130. The number of ether oxygens (including phenoxy) is 2. The van der Waals surface area contributed by atoms with E-state index in [-0.39, 0.29) is 30.2 Å². The number of thioether (sulfide) groups is 1. The molecule has 0 saturated heterocycles. The maximum absolute atomic E-state index is 13.9. The largest absolute Gasteiger partial charge is 0.497 e. The highest BCUT2D eigenvalue weighted by Crippen LogP contribution is 2.36. The molecule has 47 heavy (non-hydrogen) atoms. The number of amides is 2. The van der Waals surface area contributed by atoms with Gasteiger partial charge in [-0.2, -0.15) is 5.10 Å². The third kappa shape index (κ3) is 6.79. The van der Waals surface area contributed by atoms with E-state index in [0.717, 1.165) is 38.7 Å². The van der Waals surface area contributed by atoms with Crippen LogP contribution in [0.5, 0.6) is 11.5 Å². The summed E-state index contributed by atoms with van der Waals surface area (Å²) in [4.78, 5) is 28.0. The van der Waals surface area contributed by atoms with Gasteiger partial charge in [-0.3, -0.25) is 14.2 Å².